The number of allylic oxidation sites excluding steroid dienone is 2. The molecule has 0 saturated heterocycles. The number of hydrogen-bond donors (Lipinski definition) is 10. The Bertz CT molecular complexity index is 3430. The first kappa shape index (κ1) is 56.3. The van der Waals surface area contributed by atoms with E-state index in [1.165, 1.54) is 85.8 Å². The lowest BCUT2D eigenvalue weighted by Crippen LogP contribution is -2.52. The number of amides is 6. The van der Waals surface area contributed by atoms with E-state index in [-0.39, 0.29) is 55.7 Å². The predicted molar refractivity (Wildman–Crippen MR) is 292 cm³/mol. The number of hydrogen-bond acceptors (Lipinski definition) is 23. The molecule has 402 valence electrons. The summed E-state index contributed by atoms with van der Waals surface area (Å²) in [6, 6.07) is -0.227. The lowest BCUT2D eigenvalue weighted by molar-refractivity contribution is -0.124. The van der Waals surface area contributed by atoms with Gasteiger partial charge in [0.25, 0.3) is 29.5 Å². The maximum Gasteiger partial charge on any atom is 0.275 e. The Hall–Kier alpha value is -6.93. The normalized spacial score (nSPS) is 18.6. The molecule has 6 atom stereocenters. The van der Waals surface area contributed by atoms with Gasteiger partial charge in [0.2, 0.25) is 5.91 Å². The molecule has 7 aromatic heterocycles. The summed E-state index contributed by atoms with van der Waals surface area (Å²) < 4.78 is 0. The first-order valence-corrected chi connectivity index (χ1v) is 28.5. The second kappa shape index (κ2) is 23.8. The number of thiazole rings is 6. The molecular formula is C48H49N13O10S6. The second-order valence-corrected chi connectivity index (χ2v) is 23.1. The average Bonchev–Trinajstić information content (AvgIpc) is 4.29. The number of aromatic nitrogens is 7. The highest BCUT2D eigenvalue weighted by Crippen LogP contribution is 2.40. The van der Waals surface area contributed by atoms with E-state index in [1.807, 2.05) is 0 Å². The minimum Gasteiger partial charge on any atom is -0.392 e. The highest BCUT2D eigenvalue weighted by Gasteiger charge is 2.35. The third-order valence-electron chi connectivity index (χ3n) is 11.2. The Morgan fingerprint density at radius 1 is 0.701 bits per heavy atom. The number of nitrogens with zero attached hydrogens (tertiary/aromatic N) is 7. The molecule has 77 heavy (non-hydrogen) atoms. The summed E-state index contributed by atoms with van der Waals surface area (Å²) in [7, 11) is 0. The van der Waals surface area contributed by atoms with Gasteiger partial charge in [-0.15, -0.1) is 68.0 Å². The van der Waals surface area contributed by atoms with Crippen molar-refractivity contribution in [3.63, 3.8) is 0 Å². The molecule has 1 aliphatic heterocycles. The summed E-state index contributed by atoms with van der Waals surface area (Å²) in [4.78, 5) is 114. The molecule has 8 heterocycles. The van der Waals surface area contributed by atoms with Crippen LogP contribution in [0.4, 0.5) is 0 Å². The van der Waals surface area contributed by atoms with Crippen molar-refractivity contribution in [1.29, 1.82) is 0 Å². The third kappa shape index (κ3) is 12.9. The van der Waals surface area contributed by atoms with Crippen LogP contribution in [0.5, 0.6) is 0 Å². The van der Waals surface area contributed by atoms with Crippen molar-refractivity contribution in [2.75, 3.05) is 6.54 Å². The summed E-state index contributed by atoms with van der Waals surface area (Å²) in [5.74, 6) is -4.14. The maximum absolute atomic E-state index is 13.9. The summed E-state index contributed by atoms with van der Waals surface area (Å²) in [5.41, 5.74) is 0.0415. The monoisotopic (exact) mass is 1160 g/mol. The van der Waals surface area contributed by atoms with E-state index in [9.17, 15) is 49.2 Å². The highest BCUT2D eigenvalue weighted by atomic mass is 32.1. The van der Waals surface area contributed by atoms with Gasteiger partial charge < -0.3 is 52.3 Å². The number of carbonyl (C=O) groups excluding carboxylic acids is 6. The molecule has 23 nitrogen and oxygen atoms in total. The zero-order chi connectivity index (χ0) is 55.5. The molecule has 0 radical (unpaired) electrons. The summed E-state index contributed by atoms with van der Waals surface area (Å²) in [6.07, 6.45) is 1.14. The quantitative estimate of drug-likeness (QED) is 0.0831. The van der Waals surface area contributed by atoms with Gasteiger partial charge in [0.1, 0.15) is 82.3 Å². The van der Waals surface area contributed by atoms with Crippen molar-refractivity contribution < 1.29 is 49.2 Å². The van der Waals surface area contributed by atoms with Crippen LogP contribution >= 0.6 is 68.0 Å². The van der Waals surface area contributed by atoms with Crippen LogP contribution in [0.1, 0.15) is 118 Å². The average molecular weight is 1160 g/mol. The van der Waals surface area contributed by atoms with Gasteiger partial charge >= 0.3 is 0 Å². The van der Waals surface area contributed by atoms with E-state index in [0.717, 1.165) is 56.7 Å². The van der Waals surface area contributed by atoms with Gasteiger partial charge in [-0.05, 0) is 60.6 Å². The number of carbonyl (C=O) groups is 6. The van der Waals surface area contributed by atoms with E-state index in [2.05, 4.69) is 56.8 Å². The fraction of sp³-hybridized carbons (Fsp3) is 0.312. The van der Waals surface area contributed by atoms with Crippen LogP contribution in [0.3, 0.4) is 0 Å². The molecule has 0 saturated carbocycles. The van der Waals surface area contributed by atoms with Gasteiger partial charge in [-0.1, -0.05) is 12.2 Å². The minimum absolute atomic E-state index is 0.00680. The van der Waals surface area contributed by atoms with Crippen LogP contribution < -0.4 is 31.9 Å². The Morgan fingerprint density at radius 2 is 1.29 bits per heavy atom. The fourth-order valence-electron chi connectivity index (χ4n) is 7.20. The first-order chi connectivity index (χ1) is 36.6. The molecule has 8 rings (SSSR count). The lowest BCUT2D eigenvalue weighted by atomic mass is 9.99. The molecule has 1 aliphatic rings. The van der Waals surface area contributed by atoms with Gasteiger partial charge in [-0.3, -0.25) is 28.8 Å². The van der Waals surface area contributed by atoms with Gasteiger partial charge in [0.15, 0.2) is 0 Å². The maximum atomic E-state index is 13.9. The van der Waals surface area contributed by atoms with Crippen molar-refractivity contribution in [2.24, 2.45) is 0 Å². The van der Waals surface area contributed by atoms with Crippen molar-refractivity contribution >= 4 is 109 Å². The number of pyridine rings is 1. The van der Waals surface area contributed by atoms with Crippen LogP contribution in [0.2, 0.25) is 0 Å². The second-order valence-electron chi connectivity index (χ2n) is 17.7. The molecular weight excluding hydrogens is 1110 g/mol. The Balaban J connectivity index is 1.15. The van der Waals surface area contributed by atoms with E-state index >= 15 is 0 Å². The highest BCUT2D eigenvalue weighted by molar-refractivity contribution is 7.16. The number of nitrogens with one attached hydrogen (secondary N) is 6. The SMILES string of the molecule is C/C=C1\NC(=O)[C@H]([C@@H](C)O)NC(=O)c2csc(n2)-c2ccc(-c3nc(-c4nc(C(=O)N/C(=C/C)C(=O)NC[C@@H](C)O)cs4)cs3)nc2-c2cnc(s2)[C@H]([C@@H](C)O)NC(=O)c2csc(n2)[C@@H](C(C)(C)O)NC(=O)c2csc1n2. The number of aliphatic hydroxyl groups excluding tert-OH is 3. The molecule has 0 fully saturated rings. The van der Waals surface area contributed by atoms with Crippen LogP contribution in [0, 0.1) is 0 Å². The third-order valence-corrected chi connectivity index (χ3v) is 16.7. The Labute approximate surface area is 462 Å². The number of fused-ring (bicyclic) bond motifs is 11. The predicted octanol–water partition coefficient (Wildman–Crippen LogP) is 4.68. The van der Waals surface area contributed by atoms with E-state index in [4.69, 9.17) is 9.97 Å². The Morgan fingerprint density at radius 3 is 1.95 bits per heavy atom. The van der Waals surface area contributed by atoms with Crippen LogP contribution in [-0.4, -0.2) is 127 Å². The van der Waals surface area contributed by atoms with Gasteiger partial charge in [-0.25, -0.2) is 34.9 Å². The largest absolute Gasteiger partial charge is 0.392 e. The lowest BCUT2D eigenvalue weighted by Gasteiger charge is -2.28. The van der Waals surface area contributed by atoms with Crippen molar-refractivity contribution in [2.45, 2.75) is 90.5 Å². The molecule has 0 unspecified atom stereocenters. The molecule has 8 bridgehead atoms. The molecule has 0 aliphatic carbocycles. The van der Waals surface area contributed by atoms with Gasteiger partial charge in [-0.2, -0.15) is 0 Å². The van der Waals surface area contributed by atoms with E-state index in [1.54, 1.807) is 31.4 Å². The van der Waals surface area contributed by atoms with E-state index in [0.29, 0.717) is 42.5 Å². The Kier molecular flexibility index (Phi) is 17.4. The van der Waals surface area contributed by atoms with Crippen LogP contribution in [0.25, 0.3) is 48.2 Å². The zero-order valence-electron chi connectivity index (χ0n) is 41.8. The zero-order valence-corrected chi connectivity index (χ0v) is 46.7. The van der Waals surface area contributed by atoms with Crippen molar-refractivity contribution in [3.05, 3.63) is 101 Å². The summed E-state index contributed by atoms with van der Waals surface area (Å²) >= 11 is 6.68. The van der Waals surface area contributed by atoms with Gasteiger partial charge in [0.05, 0.1) is 45.9 Å². The van der Waals surface area contributed by atoms with Crippen LogP contribution in [0.15, 0.2) is 63.1 Å². The molecule has 7 aromatic rings. The van der Waals surface area contributed by atoms with Crippen molar-refractivity contribution in [3.8, 4) is 42.5 Å². The van der Waals surface area contributed by atoms with Gasteiger partial charge in [0, 0.05) is 45.2 Å². The smallest absolute Gasteiger partial charge is 0.275 e. The molecule has 0 aromatic carbocycles. The first-order valence-electron chi connectivity index (χ1n) is 23.3. The topological polar surface area (TPSA) is 346 Å². The number of rotatable bonds is 10. The molecule has 10 N–H and O–H groups in total. The standard InChI is InChI=1S/C48H49N13O10S6/c1-8-23(36(65)49-12-19(3)62)52-37(66)26-15-74-45(56-26)30-18-75-44(58-30)25-11-10-22-34(51-25)31-13-50-46(77-31)33(21(5)64)60-39(68)28-17-76-47(57-28)35(48(6,7)71)61-40(69)29-16-73-43(55-29)24(9-2)53-41(70)32(20(4)63)59-38(67)27-14-72-42(22)54-27/h8-11,13-21,32-33,35,62-64,71H,12H2,1-7H3,(H,49,65)(H,52,66)(H,53,70)(H,59,67)(H,60,68)(H,61,69)/b23-8+,24-9-/t19-,20-,21-,32+,33+,35+/m1/s1. The number of aliphatic hydroxyl groups is 4. The summed E-state index contributed by atoms with van der Waals surface area (Å²) in [6.45, 7) is 10.5. The minimum atomic E-state index is -1.59. The van der Waals surface area contributed by atoms with Crippen LogP contribution in [-0.2, 0) is 9.59 Å². The molecule has 0 spiro atoms. The fourth-order valence-corrected chi connectivity index (χ4v) is 12.6. The molecule has 29 heteroatoms. The summed E-state index contributed by atoms with van der Waals surface area (Å²) in [5, 5.41) is 68.2. The van der Waals surface area contributed by atoms with E-state index < -0.39 is 77.5 Å². The van der Waals surface area contributed by atoms with Crippen molar-refractivity contribution in [1.82, 2.24) is 66.8 Å². The molecule has 6 amide bonds.